The summed E-state index contributed by atoms with van der Waals surface area (Å²) in [6.07, 6.45) is 3.31. The number of hydrogen-bond donors (Lipinski definition) is 1. The number of benzene rings is 1. The third-order valence-electron chi connectivity index (χ3n) is 3.35. The number of hydrogen-bond acceptors (Lipinski definition) is 6. The van der Waals surface area contributed by atoms with Crippen LogP contribution in [-0.2, 0) is 0 Å². The summed E-state index contributed by atoms with van der Waals surface area (Å²) >= 11 is 4.81. The normalized spacial score (nSPS) is 12.2. The Morgan fingerprint density at radius 3 is 2.96 bits per heavy atom. The topological polar surface area (TPSA) is 72.2 Å². The highest BCUT2D eigenvalue weighted by Gasteiger charge is 2.11. The van der Waals surface area contributed by atoms with E-state index in [9.17, 15) is 5.11 Å². The maximum absolute atomic E-state index is 9.91. The number of phenols is 1. The molecule has 0 aliphatic heterocycles. The lowest BCUT2D eigenvalue weighted by Crippen LogP contribution is -2.12. The van der Waals surface area contributed by atoms with E-state index in [0.717, 1.165) is 21.8 Å². The van der Waals surface area contributed by atoms with Gasteiger partial charge in [0.05, 0.1) is 24.1 Å². The smallest absolute Gasteiger partial charge is 0.206 e. The lowest BCUT2D eigenvalue weighted by molar-refractivity contribution is 0.372. The number of ether oxygens (including phenoxy) is 1. The molecule has 0 amide bonds. The zero-order chi connectivity index (χ0) is 17.8. The third kappa shape index (κ3) is 3.69. The number of methoxy groups -OCH3 is 1. The molecule has 0 spiro atoms. The highest BCUT2D eigenvalue weighted by atomic mass is 79.9. The van der Waals surface area contributed by atoms with Crippen molar-refractivity contribution < 1.29 is 14.3 Å². The first-order valence-electron chi connectivity index (χ1n) is 7.49. The average molecular weight is 422 g/mol. The molecule has 130 valence electrons. The summed E-state index contributed by atoms with van der Waals surface area (Å²) in [6, 6.07) is 7.18. The Balaban J connectivity index is 2.06. The number of rotatable bonds is 5. The Morgan fingerprint density at radius 1 is 1.44 bits per heavy atom. The van der Waals surface area contributed by atoms with Gasteiger partial charge in [-0.05, 0) is 52.7 Å². The number of thiazole rings is 1. The van der Waals surface area contributed by atoms with E-state index >= 15 is 0 Å². The number of phenolic OH excluding ortho intramolecular Hbond substituents is 1. The van der Waals surface area contributed by atoms with Crippen molar-refractivity contribution in [3.63, 3.8) is 0 Å². The predicted molar refractivity (Wildman–Crippen MR) is 101 cm³/mol. The highest BCUT2D eigenvalue weighted by molar-refractivity contribution is 9.10. The van der Waals surface area contributed by atoms with Gasteiger partial charge >= 0.3 is 0 Å². The van der Waals surface area contributed by atoms with Crippen LogP contribution in [-0.4, -0.2) is 29.7 Å². The van der Waals surface area contributed by atoms with Crippen LogP contribution in [0.15, 0.2) is 54.9 Å². The molecular weight excluding hydrogens is 406 g/mol. The highest BCUT2D eigenvalue weighted by Crippen LogP contribution is 2.34. The van der Waals surface area contributed by atoms with Crippen molar-refractivity contribution in [1.82, 2.24) is 4.68 Å². The molecular formula is C17H16BrN3O3S. The van der Waals surface area contributed by atoms with E-state index in [0.29, 0.717) is 16.8 Å². The molecule has 6 nitrogen and oxygen atoms in total. The van der Waals surface area contributed by atoms with E-state index in [-0.39, 0.29) is 5.75 Å². The first-order valence-corrected chi connectivity index (χ1v) is 9.17. The van der Waals surface area contributed by atoms with Crippen molar-refractivity contribution >= 4 is 33.5 Å². The molecule has 1 aromatic carbocycles. The maximum Gasteiger partial charge on any atom is 0.206 e. The number of aromatic hydroxyl groups is 1. The second-order valence-electron chi connectivity index (χ2n) is 4.97. The fourth-order valence-corrected chi connectivity index (χ4v) is 3.54. The van der Waals surface area contributed by atoms with Crippen LogP contribution in [0.2, 0.25) is 0 Å². The Bertz CT molecular complexity index is 958. The molecule has 8 heteroatoms. The monoisotopic (exact) mass is 421 g/mol. The molecule has 0 aliphatic carbocycles. The minimum atomic E-state index is 0.0563. The Morgan fingerprint density at radius 2 is 2.28 bits per heavy atom. The molecule has 0 saturated heterocycles. The lowest BCUT2D eigenvalue weighted by atomic mass is 10.2. The minimum Gasteiger partial charge on any atom is -0.503 e. The molecule has 3 aromatic rings. The summed E-state index contributed by atoms with van der Waals surface area (Å²) in [5.41, 5.74) is 1.59. The van der Waals surface area contributed by atoms with Crippen molar-refractivity contribution in [3.8, 4) is 23.0 Å². The number of halogens is 1. The van der Waals surface area contributed by atoms with Crippen LogP contribution in [0.1, 0.15) is 12.5 Å². The van der Waals surface area contributed by atoms with E-state index in [2.05, 4.69) is 26.0 Å². The van der Waals surface area contributed by atoms with E-state index in [1.165, 1.54) is 18.4 Å². The van der Waals surface area contributed by atoms with Crippen LogP contribution in [0, 0.1) is 0 Å². The van der Waals surface area contributed by atoms with E-state index in [4.69, 9.17) is 9.15 Å². The summed E-state index contributed by atoms with van der Waals surface area (Å²) in [4.78, 5) is 5.24. The molecule has 0 radical (unpaired) electrons. The Hall–Kier alpha value is -2.32. The van der Waals surface area contributed by atoms with Gasteiger partial charge in [-0.25, -0.2) is 4.68 Å². The maximum atomic E-state index is 9.91. The first kappa shape index (κ1) is 17.5. The van der Waals surface area contributed by atoms with Crippen molar-refractivity contribution in [2.75, 3.05) is 13.7 Å². The largest absolute Gasteiger partial charge is 0.503 e. The van der Waals surface area contributed by atoms with Crippen LogP contribution in [0.3, 0.4) is 0 Å². The van der Waals surface area contributed by atoms with Crippen molar-refractivity contribution in [2.45, 2.75) is 6.92 Å². The van der Waals surface area contributed by atoms with Gasteiger partial charge in [0.1, 0.15) is 5.69 Å². The van der Waals surface area contributed by atoms with Gasteiger partial charge in [-0.1, -0.05) is 0 Å². The molecule has 2 heterocycles. The van der Waals surface area contributed by atoms with Gasteiger partial charge in [-0.2, -0.15) is 5.10 Å². The van der Waals surface area contributed by atoms with Crippen LogP contribution >= 0.6 is 27.3 Å². The van der Waals surface area contributed by atoms with Gasteiger partial charge < -0.3 is 14.3 Å². The molecule has 0 fully saturated rings. The first-order chi connectivity index (χ1) is 12.1. The standard InChI is InChI=1S/C17H16BrN3O3S/c1-3-19-17-21(13(10-25-17)14-5-4-6-24-14)20-9-11-7-12(18)16(22)15(8-11)23-2/h4-10,22H,3H2,1-2H3. The molecule has 0 unspecified atom stereocenters. The third-order valence-corrected chi connectivity index (χ3v) is 4.80. The summed E-state index contributed by atoms with van der Waals surface area (Å²) < 4.78 is 12.9. The van der Waals surface area contributed by atoms with E-state index in [1.54, 1.807) is 29.3 Å². The zero-order valence-corrected chi connectivity index (χ0v) is 16.0. The fourth-order valence-electron chi connectivity index (χ4n) is 2.20. The second kappa shape index (κ2) is 7.71. The SMILES string of the molecule is CCN=c1scc(-c2ccco2)n1N=Cc1cc(Br)c(O)c(OC)c1. The van der Waals surface area contributed by atoms with Crippen LogP contribution < -0.4 is 9.54 Å². The second-order valence-corrected chi connectivity index (χ2v) is 6.66. The number of aromatic nitrogens is 1. The number of nitrogens with zero attached hydrogens (tertiary/aromatic N) is 3. The average Bonchev–Trinajstić information content (AvgIpc) is 3.25. The molecule has 0 saturated carbocycles. The van der Waals surface area contributed by atoms with Gasteiger partial charge in [0.25, 0.3) is 0 Å². The summed E-state index contributed by atoms with van der Waals surface area (Å²) in [5.74, 6) is 1.15. The predicted octanol–water partition coefficient (Wildman–Crippen LogP) is 4.09. The van der Waals surface area contributed by atoms with Gasteiger partial charge in [0, 0.05) is 11.9 Å². The van der Waals surface area contributed by atoms with Gasteiger partial charge in [-0.15, -0.1) is 11.3 Å². The van der Waals surface area contributed by atoms with E-state index in [1.807, 2.05) is 24.4 Å². The van der Waals surface area contributed by atoms with E-state index < -0.39 is 0 Å². The molecule has 25 heavy (non-hydrogen) atoms. The summed E-state index contributed by atoms with van der Waals surface area (Å²) in [6.45, 7) is 2.63. The molecule has 3 rings (SSSR count). The van der Waals surface area contributed by atoms with Crippen molar-refractivity contribution in [3.05, 3.63) is 50.7 Å². The molecule has 0 atom stereocenters. The zero-order valence-electron chi connectivity index (χ0n) is 13.6. The minimum absolute atomic E-state index is 0.0563. The number of furan rings is 1. The van der Waals surface area contributed by atoms with Crippen LogP contribution in [0.25, 0.3) is 11.5 Å². The Labute approximate surface area is 156 Å². The van der Waals surface area contributed by atoms with Gasteiger partial charge in [0.15, 0.2) is 17.3 Å². The van der Waals surface area contributed by atoms with Crippen LogP contribution in [0.5, 0.6) is 11.5 Å². The summed E-state index contributed by atoms with van der Waals surface area (Å²) in [5, 5.41) is 16.4. The fraction of sp³-hybridized carbons (Fsp3) is 0.176. The molecule has 0 bridgehead atoms. The van der Waals surface area contributed by atoms with Crippen molar-refractivity contribution in [2.24, 2.45) is 10.1 Å². The lowest BCUT2D eigenvalue weighted by Gasteiger charge is -2.06. The molecule has 0 aliphatic rings. The summed E-state index contributed by atoms with van der Waals surface area (Å²) in [7, 11) is 1.50. The Kier molecular flexibility index (Phi) is 5.40. The molecule has 1 N–H and O–H groups in total. The van der Waals surface area contributed by atoms with Gasteiger partial charge in [0.2, 0.25) is 4.80 Å². The van der Waals surface area contributed by atoms with Gasteiger partial charge in [-0.3, -0.25) is 4.99 Å². The molecule has 2 aromatic heterocycles. The van der Waals surface area contributed by atoms with Crippen molar-refractivity contribution in [1.29, 1.82) is 0 Å². The quantitative estimate of drug-likeness (QED) is 0.630. The van der Waals surface area contributed by atoms with Crippen LogP contribution in [0.4, 0.5) is 0 Å².